The smallest absolute Gasteiger partial charge is 0.252 e. The molecule has 0 amide bonds. The van der Waals surface area contributed by atoms with Gasteiger partial charge in [0.25, 0.3) is 6.71 Å². The molecule has 0 saturated carbocycles. The summed E-state index contributed by atoms with van der Waals surface area (Å²) >= 11 is 0. The molecule has 6 aliphatic rings. The van der Waals surface area contributed by atoms with Gasteiger partial charge in [-0.05, 0) is 194 Å². The Hall–Kier alpha value is -13.3. The first-order chi connectivity index (χ1) is 54.8. The third-order valence-corrected chi connectivity index (χ3v) is 24.4. The maximum atomic E-state index is 2.73. The van der Waals surface area contributed by atoms with Crippen molar-refractivity contribution in [3.63, 3.8) is 0 Å². The molecule has 2 unspecified atom stereocenters. The van der Waals surface area contributed by atoms with Crippen LogP contribution in [0.1, 0.15) is 52.7 Å². The van der Waals surface area contributed by atoms with Gasteiger partial charge in [0.1, 0.15) is 0 Å². The van der Waals surface area contributed by atoms with Crippen LogP contribution in [0.25, 0.3) is 111 Å². The van der Waals surface area contributed by atoms with Crippen LogP contribution in [0.3, 0.4) is 0 Å². The van der Waals surface area contributed by atoms with Crippen LogP contribution in [0.15, 0.2) is 404 Å². The van der Waals surface area contributed by atoms with Crippen molar-refractivity contribution >= 4 is 84.6 Å². The summed E-state index contributed by atoms with van der Waals surface area (Å²) in [6.07, 6.45) is 19.7. The number of benzene rings is 14. The third-order valence-electron chi connectivity index (χ3n) is 24.4. The minimum atomic E-state index is -0.273. The number of hydrogen-bond donors (Lipinski definition) is 0. The minimum Gasteiger partial charge on any atom is -0.310 e. The number of nitrogens with zero attached hydrogens (tertiary/aromatic N) is 3. The van der Waals surface area contributed by atoms with Crippen LogP contribution in [-0.4, -0.2) is 11.3 Å². The molecule has 4 aliphatic carbocycles. The standard InChI is InChI=1S/C108H82BN3/c1-107(2,3)85-52-49-71(50-53-85)84-66-100-104-101(67-84)112(106-92(74-37-21-11-22-38-74)63-83(70-31-15-8-16-32-70)64-93(106)75-39-23-12-24-40-75)99-68-87(110-96-43-27-25-41-88(96)89-42-26-28-44-97(89)110)54-56-95(99)109(104)94-55-51-76(81-57-77-45-47-79-59-86(108(4,5)6)60-80-48-46-78(58-81)102(77)103(79)80)65-98(94)111(100)105-90(72-33-17-9-18-34-72)61-82(69-29-13-7-14-30-69)62-91(105)73-35-19-10-20-36-73/h7-68,102-103H,1-6H3. The van der Waals surface area contributed by atoms with Crippen LogP contribution >= 0.6 is 0 Å². The van der Waals surface area contributed by atoms with Crippen LogP contribution in [0.5, 0.6) is 0 Å². The van der Waals surface area contributed by atoms with Crippen molar-refractivity contribution in [2.45, 2.75) is 47.0 Å². The van der Waals surface area contributed by atoms with E-state index in [4.69, 9.17) is 0 Å². The fourth-order valence-corrected chi connectivity index (χ4v) is 18.9. The maximum Gasteiger partial charge on any atom is 0.252 e. The van der Waals surface area contributed by atoms with E-state index in [0.717, 1.165) is 134 Å². The van der Waals surface area contributed by atoms with Crippen LogP contribution in [0, 0.1) is 17.3 Å². The number of hydrogen-bond acceptors (Lipinski definition) is 2. The van der Waals surface area contributed by atoms with E-state index in [0.29, 0.717) is 0 Å². The van der Waals surface area contributed by atoms with E-state index < -0.39 is 0 Å². The summed E-state index contributed by atoms with van der Waals surface area (Å²) in [5.74, 6) is 0.498. The molecular formula is C108H82BN3. The SMILES string of the molecule is CC(C)(C)C1=CC2=CC=C3C=C(c4ccc5c(c4)N(c4c(-c6ccccc6)cc(-c6ccccc6)cc4-c4ccccc4)c4cc(-c6ccc(C(C)(C)C)cc6)cc6c4B5c4ccc(-n5c7ccccc7c7ccccc75)cc4N6c4c(-c5ccccc5)cc(-c5ccccc5)cc4-c4ccccc4)C=C4C=CC(=C1)C2C34. The van der Waals surface area contributed by atoms with E-state index in [9.17, 15) is 0 Å². The van der Waals surface area contributed by atoms with Gasteiger partial charge in [0.15, 0.2) is 0 Å². The van der Waals surface area contributed by atoms with Crippen molar-refractivity contribution in [3.05, 3.63) is 415 Å². The van der Waals surface area contributed by atoms with Crippen molar-refractivity contribution < 1.29 is 0 Å². The van der Waals surface area contributed by atoms with Gasteiger partial charge in [0.2, 0.25) is 0 Å². The van der Waals surface area contributed by atoms with Crippen molar-refractivity contribution in [1.82, 2.24) is 4.57 Å². The van der Waals surface area contributed by atoms with Gasteiger partial charge in [-0.2, -0.15) is 0 Å². The van der Waals surface area contributed by atoms with Gasteiger partial charge in [-0.25, -0.2) is 0 Å². The summed E-state index contributed by atoms with van der Waals surface area (Å²) in [6.45, 7) is 13.7. The van der Waals surface area contributed by atoms with Crippen molar-refractivity contribution in [3.8, 4) is 83.6 Å². The second-order valence-electron chi connectivity index (χ2n) is 33.1. The molecule has 4 heteroatoms. The normalized spacial score (nSPS) is 15.8. The van der Waals surface area contributed by atoms with Gasteiger partial charge < -0.3 is 14.4 Å². The first-order valence-corrected chi connectivity index (χ1v) is 39.6. The van der Waals surface area contributed by atoms with Crippen LogP contribution < -0.4 is 26.2 Å². The molecule has 0 N–H and O–H groups in total. The number of para-hydroxylation sites is 2. The van der Waals surface area contributed by atoms with E-state index in [1.807, 2.05) is 0 Å². The fraction of sp³-hybridized carbons (Fsp3) is 0.0926. The lowest BCUT2D eigenvalue weighted by atomic mass is 9.33. The quantitative estimate of drug-likeness (QED) is 0.120. The van der Waals surface area contributed by atoms with Crippen molar-refractivity contribution in [2.24, 2.45) is 17.3 Å². The second kappa shape index (κ2) is 26.2. The average molecular weight is 1430 g/mol. The number of aromatic nitrogens is 1. The zero-order valence-electron chi connectivity index (χ0n) is 63.9. The van der Waals surface area contributed by atoms with Gasteiger partial charge in [-0.3, -0.25) is 0 Å². The maximum absolute atomic E-state index is 2.73. The molecule has 0 saturated heterocycles. The van der Waals surface area contributed by atoms with Crippen molar-refractivity contribution in [2.75, 3.05) is 9.80 Å². The van der Waals surface area contributed by atoms with E-state index in [-0.39, 0.29) is 29.4 Å². The lowest BCUT2D eigenvalue weighted by Crippen LogP contribution is -2.61. The van der Waals surface area contributed by atoms with Crippen LogP contribution in [0.2, 0.25) is 0 Å². The molecule has 2 aliphatic heterocycles. The Morgan fingerprint density at radius 2 is 0.661 bits per heavy atom. The van der Waals surface area contributed by atoms with E-state index in [2.05, 4.69) is 432 Å². The van der Waals surface area contributed by atoms with E-state index in [1.165, 1.54) is 66.2 Å². The zero-order chi connectivity index (χ0) is 75.1. The lowest BCUT2D eigenvalue weighted by molar-refractivity contribution is 0.500. The van der Waals surface area contributed by atoms with Gasteiger partial charge in [-0.1, -0.05) is 351 Å². The largest absolute Gasteiger partial charge is 0.310 e. The number of allylic oxidation sites excluding steroid dienone is 14. The molecule has 3 heterocycles. The summed E-state index contributed by atoms with van der Waals surface area (Å²) < 4.78 is 2.51. The highest BCUT2D eigenvalue weighted by Crippen LogP contribution is 2.58. The molecule has 1 aromatic heterocycles. The Morgan fingerprint density at radius 1 is 0.286 bits per heavy atom. The first-order valence-electron chi connectivity index (χ1n) is 39.6. The predicted molar refractivity (Wildman–Crippen MR) is 476 cm³/mol. The molecule has 3 nitrogen and oxygen atoms in total. The molecule has 0 spiro atoms. The Labute approximate surface area is 657 Å². The molecule has 0 bridgehead atoms. The summed E-state index contributed by atoms with van der Waals surface area (Å²) in [5.41, 5.74) is 40.1. The summed E-state index contributed by atoms with van der Waals surface area (Å²) in [6, 6.07) is 124. The molecule has 532 valence electrons. The highest BCUT2D eigenvalue weighted by atomic mass is 15.2. The summed E-state index contributed by atoms with van der Waals surface area (Å²) in [7, 11) is 0. The summed E-state index contributed by atoms with van der Waals surface area (Å²) in [5, 5.41) is 2.44. The minimum absolute atomic E-state index is 0.0319. The molecular weight excluding hydrogens is 1350 g/mol. The first kappa shape index (κ1) is 66.9. The molecule has 14 aromatic carbocycles. The Kier molecular flexibility index (Phi) is 15.7. The third kappa shape index (κ3) is 11.1. The van der Waals surface area contributed by atoms with Gasteiger partial charge in [-0.15, -0.1) is 0 Å². The zero-order valence-corrected chi connectivity index (χ0v) is 63.9. The second-order valence-corrected chi connectivity index (χ2v) is 33.1. The highest BCUT2D eigenvalue weighted by Gasteiger charge is 2.47. The topological polar surface area (TPSA) is 11.4 Å². The van der Waals surface area contributed by atoms with Gasteiger partial charge in [0.05, 0.1) is 22.4 Å². The molecule has 0 radical (unpaired) electrons. The van der Waals surface area contributed by atoms with Gasteiger partial charge >= 0.3 is 0 Å². The molecule has 0 fully saturated rings. The number of rotatable bonds is 11. The molecule has 21 rings (SSSR count). The van der Waals surface area contributed by atoms with E-state index >= 15 is 0 Å². The highest BCUT2D eigenvalue weighted by molar-refractivity contribution is 7.00. The predicted octanol–water partition coefficient (Wildman–Crippen LogP) is 26.7. The Balaban J connectivity index is 0.919. The number of anilines is 6. The van der Waals surface area contributed by atoms with Crippen LogP contribution in [0.4, 0.5) is 34.1 Å². The lowest BCUT2D eigenvalue weighted by Gasteiger charge is -2.46. The molecule has 15 aromatic rings. The average Bonchev–Trinajstić information content (AvgIpc) is 0.709. The van der Waals surface area contributed by atoms with Crippen molar-refractivity contribution in [1.29, 1.82) is 0 Å². The number of fused-ring (bicyclic) bond motifs is 7. The molecule has 112 heavy (non-hydrogen) atoms. The fourth-order valence-electron chi connectivity index (χ4n) is 18.9. The van der Waals surface area contributed by atoms with Gasteiger partial charge in [0, 0.05) is 73.3 Å². The molecule has 2 atom stereocenters. The Bertz CT molecular complexity index is 6420. The Morgan fingerprint density at radius 3 is 1.12 bits per heavy atom. The summed E-state index contributed by atoms with van der Waals surface area (Å²) in [4.78, 5) is 5.45. The van der Waals surface area contributed by atoms with Crippen LogP contribution in [-0.2, 0) is 5.41 Å². The monoisotopic (exact) mass is 1430 g/mol. The van der Waals surface area contributed by atoms with E-state index in [1.54, 1.807) is 0 Å².